The van der Waals surface area contributed by atoms with Crippen molar-refractivity contribution < 1.29 is 0 Å². The third-order valence-electron chi connectivity index (χ3n) is 3.26. The minimum Gasteiger partial charge on any atom is -0.330 e. The largest absolute Gasteiger partial charge is 0.330 e. The zero-order valence-electron chi connectivity index (χ0n) is 9.87. The van der Waals surface area contributed by atoms with Crippen molar-refractivity contribution in [1.82, 2.24) is 9.80 Å². The summed E-state index contributed by atoms with van der Waals surface area (Å²) in [5, 5.41) is 0. The summed E-state index contributed by atoms with van der Waals surface area (Å²) in [6.07, 6.45) is 2.62. The van der Waals surface area contributed by atoms with Crippen LogP contribution in [0.15, 0.2) is 0 Å². The van der Waals surface area contributed by atoms with Gasteiger partial charge in [-0.15, -0.1) is 0 Å². The van der Waals surface area contributed by atoms with Crippen LogP contribution in [-0.4, -0.2) is 56.1 Å². The van der Waals surface area contributed by atoms with Crippen molar-refractivity contribution in [3.8, 4) is 0 Å². The van der Waals surface area contributed by atoms with Gasteiger partial charge in [0.2, 0.25) is 0 Å². The Hall–Kier alpha value is -0.120. The Morgan fingerprint density at radius 2 is 1.93 bits per heavy atom. The van der Waals surface area contributed by atoms with E-state index < -0.39 is 0 Å². The van der Waals surface area contributed by atoms with Crippen molar-refractivity contribution in [1.29, 1.82) is 0 Å². The molecule has 1 aliphatic rings. The maximum absolute atomic E-state index is 5.63. The second-order valence-electron chi connectivity index (χ2n) is 4.84. The normalized spacial score (nSPS) is 22.9. The van der Waals surface area contributed by atoms with Gasteiger partial charge in [-0.2, -0.15) is 0 Å². The van der Waals surface area contributed by atoms with E-state index in [0.717, 1.165) is 12.6 Å². The van der Waals surface area contributed by atoms with Crippen LogP contribution < -0.4 is 5.73 Å². The van der Waals surface area contributed by atoms with Gasteiger partial charge in [-0.25, -0.2) is 0 Å². The van der Waals surface area contributed by atoms with Crippen molar-refractivity contribution in [3.63, 3.8) is 0 Å². The molecule has 0 aromatic heterocycles. The number of nitrogens with zero attached hydrogens (tertiary/aromatic N) is 2. The van der Waals surface area contributed by atoms with Crippen molar-refractivity contribution in [2.45, 2.75) is 25.8 Å². The second-order valence-corrected chi connectivity index (χ2v) is 4.84. The van der Waals surface area contributed by atoms with E-state index in [1.807, 2.05) is 0 Å². The monoisotopic (exact) mass is 199 g/mol. The molecule has 14 heavy (non-hydrogen) atoms. The molecule has 0 amide bonds. The van der Waals surface area contributed by atoms with E-state index in [0.29, 0.717) is 5.92 Å². The smallest absolute Gasteiger partial charge is 0.0113 e. The van der Waals surface area contributed by atoms with Crippen LogP contribution in [0.3, 0.4) is 0 Å². The van der Waals surface area contributed by atoms with Crippen LogP contribution in [0, 0.1) is 5.92 Å². The maximum Gasteiger partial charge on any atom is 0.0113 e. The van der Waals surface area contributed by atoms with E-state index in [4.69, 9.17) is 5.73 Å². The van der Waals surface area contributed by atoms with Gasteiger partial charge in [0.05, 0.1) is 0 Å². The van der Waals surface area contributed by atoms with Gasteiger partial charge in [0, 0.05) is 12.6 Å². The van der Waals surface area contributed by atoms with Gasteiger partial charge in [0.15, 0.2) is 0 Å². The Labute approximate surface area is 88.2 Å². The molecular weight excluding hydrogens is 174 g/mol. The van der Waals surface area contributed by atoms with Crippen LogP contribution in [0.5, 0.6) is 0 Å². The van der Waals surface area contributed by atoms with Gasteiger partial charge in [0.25, 0.3) is 0 Å². The summed E-state index contributed by atoms with van der Waals surface area (Å²) in [5.74, 6) is 0.644. The number of rotatable bonds is 4. The van der Waals surface area contributed by atoms with Crippen LogP contribution in [0.25, 0.3) is 0 Å². The van der Waals surface area contributed by atoms with E-state index in [-0.39, 0.29) is 0 Å². The quantitative estimate of drug-likeness (QED) is 0.720. The molecule has 0 spiro atoms. The highest BCUT2D eigenvalue weighted by atomic mass is 15.2. The molecular formula is C11H25N3. The number of piperidine rings is 1. The van der Waals surface area contributed by atoms with E-state index in [1.54, 1.807) is 0 Å². The predicted molar refractivity (Wildman–Crippen MR) is 61.4 cm³/mol. The minimum absolute atomic E-state index is 0.644. The number of hydrogen-bond acceptors (Lipinski definition) is 3. The molecule has 0 radical (unpaired) electrons. The maximum atomic E-state index is 5.63. The summed E-state index contributed by atoms with van der Waals surface area (Å²) < 4.78 is 0. The number of hydrogen-bond donors (Lipinski definition) is 1. The number of nitrogens with two attached hydrogens (primary N) is 1. The molecule has 3 nitrogen and oxygen atoms in total. The fourth-order valence-electron chi connectivity index (χ4n) is 2.13. The Kier molecular flexibility index (Phi) is 4.85. The third-order valence-corrected chi connectivity index (χ3v) is 3.26. The van der Waals surface area contributed by atoms with Crippen LogP contribution in [-0.2, 0) is 0 Å². The lowest BCUT2D eigenvalue weighted by Crippen LogP contribution is -2.43. The van der Waals surface area contributed by atoms with E-state index in [2.05, 4.69) is 30.8 Å². The average molecular weight is 199 g/mol. The summed E-state index contributed by atoms with van der Waals surface area (Å²) in [6.45, 7) is 6.71. The first-order valence-corrected chi connectivity index (χ1v) is 5.72. The average Bonchev–Trinajstić information content (AvgIpc) is 2.18. The van der Waals surface area contributed by atoms with Crippen molar-refractivity contribution in [3.05, 3.63) is 0 Å². The topological polar surface area (TPSA) is 32.5 Å². The summed E-state index contributed by atoms with van der Waals surface area (Å²) in [5.41, 5.74) is 5.63. The van der Waals surface area contributed by atoms with Gasteiger partial charge in [-0.05, 0) is 52.5 Å². The van der Waals surface area contributed by atoms with Crippen LogP contribution in [0.2, 0.25) is 0 Å². The van der Waals surface area contributed by atoms with Crippen LogP contribution in [0.4, 0.5) is 0 Å². The Morgan fingerprint density at radius 3 is 2.36 bits per heavy atom. The molecule has 0 aromatic carbocycles. The Balaban J connectivity index is 2.22. The molecule has 3 heteroatoms. The van der Waals surface area contributed by atoms with Crippen molar-refractivity contribution >= 4 is 0 Å². The van der Waals surface area contributed by atoms with Crippen molar-refractivity contribution in [2.24, 2.45) is 11.7 Å². The van der Waals surface area contributed by atoms with Gasteiger partial charge in [-0.3, -0.25) is 0 Å². The highest BCUT2D eigenvalue weighted by molar-refractivity contribution is 4.77. The third kappa shape index (κ3) is 3.56. The van der Waals surface area contributed by atoms with Gasteiger partial charge < -0.3 is 15.5 Å². The molecule has 0 aliphatic carbocycles. The molecule has 0 aromatic rings. The molecule has 1 aliphatic heterocycles. The lowest BCUT2D eigenvalue weighted by atomic mass is 10.0. The molecule has 2 N–H and O–H groups in total. The standard InChI is InChI=1S/C11H25N3/c1-10(8-12)9-14-6-4-11(5-7-14)13(2)3/h10-11H,4-9,12H2,1-3H3. The zero-order chi connectivity index (χ0) is 10.6. The summed E-state index contributed by atoms with van der Waals surface area (Å²) in [4.78, 5) is 4.90. The fraction of sp³-hybridized carbons (Fsp3) is 1.00. The van der Waals surface area contributed by atoms with E-state index in [1.165, 1.54) is 32.5 Å². The van der Waals surface area contributed by atoms with E-state index in [9.17, 15) is 0 Å². The first kappa shape index (κ1) is 12.0. The lowest BCUT2D eigenvalue weighted by Gasteiger charge is -2.36. The molecule has 1 fully saturated rings. The molecule has 1 rings (SSSR count). The summed E-state index contributed by atoms with van der Waals surface area (Å²) in [7, 11) is 4.37. The Bertz CT molecular complexity index is 151. The first-order valence-electron chi connectivity index (χ1n) is 5.72. The molecule has 1 atom stereocenters. The zero-order valence-corrected chi connectivity index (χ0v) is 9.87. The molecule has 1 unspecified atom stereocenters. The molecule has 1 heterocycles. The van der Waals surface area contributed by atoms with Gasteiger partial charge in [0.1, 0.15) is 0 Å². The highest BCUT2D eigenvalue weighted by Gasteiger charge is 2.20. The fourth-order valence-corrected chi connectivity index (χ4v) is 2.13. The summed E-state index contributed by atoms with van der Waals surface area (Å²) in [6, 6.07) is 0.791. The van der Waals surface area contributed by atoms with Crippen LogP contribution in [0.1, 0.15) is 19.8 Å². The highest BCUT2D eigenvalue weighted by Crippen LogP contribution is 2.14. The second kappa shape index (κ2) is 5.69. The minimum atomic E-state index is 0.644. The molecule has 0 saturated carbocycles. The molecule has 84 valence electrons. The SMILES string of the molecule is CC(CN)CN1CCC(N(C)C)CC1. The van der Waals surface area contributed by atoms with Gasteiger partial charge in [-0.1, -0.05) is 6.92 Å². The molecule has 1 saturated heterocycles. The molecule has 0 bridgehead atoms. The van der Waals surface area contributed by atoms with E-state index >= 15 is 0 Å². The summed E-state index contributed by atoms with van der Waals surface area (Å²) >= 11 is 0. The Morgan fingerprint density at radius 1 is 1.36 bits per heavy atom. The van der Waals surface area contributed by atoms with Gasteiger partial charge >= 0.3 is 0 Å². The number of likely N-dealkylation sites (tertiary alicyclic amines) is 1. The predicted octanol–water partition coefficient (Wildman–Crippen LogP) is 0.607. The first-order chi connectivity index (χ1) is 6.63. The van der Waals surface area contributed by atoms with Crippen molar-refractivity contribution in [2.75, 3.05) is 40.3 Å². The van der Waals surface area contributed by atoms with Crippen LogP contribution >= 0.6 is 0 Å². The lowest BCUT2D eigenvalue weighted by molar-refractivity contribution is 0.133.